The SMILES string of the molecule is CSC1CCCCC1NC(=O)c1cc(N)ncc1Cl. The van der Waals surface area contributed by atoms with Crippen LogP contribution in [0.2, 0.25) is 5.02 Å². The van der Waals surface area contributed by atoms with E-state index in [1.54, 1.807) is 0 Å². The van der Waals surface area contributed by atoms with Crippen molar-refractivity contribution in [3.63, 3.8) is 0 Å². The molecule has 1 aromatic rings. The first kappa shape index (κ1) is 14.5. The highest BCUT2D eigenvalue weighted by molar-refractivity contribution is 7.99. The largest absolute Gasteiger partial charge is 0.384 e. The Morgan fingerprint density at radius 2 is 2.26 bits per heavy atom. The predicted octanol–water partition coefficient (Wildman–Crippen LogP) is 2.72. The lowest BCUT2D eigenvalue weighted by atomic mass is 9.94. The second-order valence-corrected chi connectivity index (χ2v) is 6.21. The first-order valence-electron chi connectivity index (χ1n) is 6.36. The Hall–Kier alpha value is -0.940. The number of anilines is 1. The maximum atomic E-state index is 12.3. The molecule has 3 N–H and O–H groups in total. The Balaban J connectivity index is 2.09. The van der Waals surface area contributed by atoms with Crippen molar-refractivity contribution in [2.75, 3.05) is 12.0 Å². The summed E-state index contributed by atoms with van der Waals surface area (Å²) in [4.78, 5) is 16.1. The molecule has 0 radical (unpaired) electrons. The van der Waals surface area contributed by atoms with E-state index in [9.17, 15) is 4.79 Å². The normalized spacial score (nSPS) is 23.1. The van der Waals surface area contributed by atoms with Crippen molar-refractivity contribution in [2.45, 2.75) is 37.0 Å². The summed E-state index contributed by atoms with van der Waals surface area (Å²) in [6.07, 6.45) is 8.08. The van der Waals surface area contributed by atoms with Crippen molar-refractivity contribution >= 4 is 35.1 Å². The molecule has 1 fully saturated rings. The van der Waals surface area contributed by atoms with Gasteiger partial charge in [-0.1, -0.05) is 24.4 Å². The molecule has 1 aliphatic carbocycles. The molecule has 1 saturated carbocycles. The summed E-state index contributed by atoms with van der Waals surface area (Å²) in [6.45, 7) is 0. The maximum absolute atomic E-state index is 12.3. The van der Waals surface area contributed by atoms with Gasteiger partial charge < -0.3 is 11.1 Å². The zero-order chi connectivity index (χ0) is 13.8. The second-order valence-electron chi connectivity index (χ2n) is 4.73. The molecule has 4 nitrogen and oxygen atoms in total. The van der Waals surface area contributed by atoms with Crippen LogP contribution < -0.4 is 11.1 Å². The summed E-state index contributed by atoms with van der Waals surface area (Å²) >= 11 is 7.81. The van der Waals surface area contributed by atoms with E-state index in [2.05, 4.69) is 16.6 Å². The van der Waals surface area contributed by atoms with Gasteiger partial charge in [-0.3, -0.25) is 4.79 Å². The molecule has 0 aromatic carbocycles. The maximum Gasteiger partial charge on any atom is 0.253 e. The molecule has 1 aliphatic rings. The zero-order valence-electron chi connectivity index (χ0n) is 10.9. The van der Waals surface area contributed by atoms with Gasteiger partial charge in [0, 0.05) is 17.5 Å². The highest BCUT2D eigenvalue weighted by Gasteiger charge is 2.26. The number of pyridine rings is 1. The molecule has 2 rings (SSSR count). The van der Waals surface area contributed by atoms with Gasteiger partial charge in [-0.15, -0.1) is 0 Å². The number of thioether (sulfide) groups is 1. The molecule has 0 bridgehead atoms. The Bertz CT molecular complexity index is 469. The van der Waals surface area contributed by atoms with Crippen LogP contribution in [0.3, 0.4) is 0 Å². The predicted molar refractivity (Wildman–Crippen MR) is 80.7 cm³/mol. The summed E-state index contributed by atoms with van der Waals surface area (Å²) in [6, 6.07) is 1.73. The second kappa shape index (κ2) is 6.48. The highest BCUT2D eigenvalue weighted by Crippen LogP contribution is 2.27. The molecule has 1 heterocycles. The number of carbonyl (C=O) groups is 1. The molecular weight excluding hydrogens is 282 g/mol. The van der Waals surface area contributed by atoms with Crippen LogP contribution in [-0.4, -0.2) is 28.4 Å². The average molecular weight is 300 g/mol. The van der Waals surface area contributed by atoms with Crippen molar-refractivity contribution in [1.29, 1.82) is 0 Å². The number of hydrogen-bond donors (Lipinski definition) is 2. The Morgan fingerprint density at radius 3 is 3.00 bits per heavy atom. The summed E-state index contributed by atoms with van der Waals surface area (Å²) in [5.74, 6) is 0.143. The minimum atomic E-state index is -0.162. The summed E-state index contributed by atoms with van der Waals surface area (Å²) in [7, 11) is 0. The van der Waals surface area contributed by atoms with Crippen LogP contribution in [0.15, 0.2) is 12.3 Å². The lowest BCUT2D eigenvalue weighted by Gasteiger charge is -2.31. The molecule has 0 saturated heterocycles. The molecular formula is C13H18ClN3OS. The van der Waals surface area contributed by atoms with E-state index in [0.717, 1.165) is 19.3 Å². The molecule has 104 valence electrons. The summed E-state index contributed by atoms with van der Waals surface area (Å²) < 4.78 is 0. The number of rotatable bonds is 3. The van der Waals surface area contributed by atoms with E-state index in [4.69, 9.17) is 17.3 Å². The van der Waals surface area contributed by atoms with E-state index in [1.165, 1.54) is 18.7 Å². The molecule has 19 heavy (non-hydrogen) atoms. The topological polar surface area (TPSA) is 68.0 Å². The van der Waals surface area contributed by atoms with E-state index < -0.39 is 0 Å². The van der Waals surface area contributed by atoms with Gasteiger partial charge in [-0.05, 0) is 25.2 Å². The number of amides is 1. The highest BCUT2D eigenvalue weighted by atomic mass is 35.5. The lowest BCUT2D eigenvalue weighted by Crippen LogP contribution is -2.43. The van der Waals surface area contributed by atoms with Gasteiger partial charge >= 0.3 is 0 Å². The van der Waals surface area contributed by atoms with Crippen molar-refractivity contribution in [2.24, 2.45) is 0 Å². The number of nitrogens with two attached hydrogens (primary N) is 1. The number of nitrogens with one attached hydrogen (secondary N) is 1. The molecule has 1 amide bonds. The first-order valence-corrected chi connectivity index (χ1v) is 8.03. The number of nitrogens with zero attached hydrogens (tertiary/aromatic N) is 1. The first-order chi connectivity index (χ1) is 9.11. The molecule has 0 spiro atoms. The van der Waals surface area contributed by atoms with Crippen LogP contribution in [0, 0.1) is 0 Å². The van der Waals surface area contributed by atoms with Gasteiger partial charge in [0.15, 0.2) is 0 Å². The minimum Gasteiger partial charge on any atom is -0.384 e. The van der Waals surface area contributed by atoms with E-state index in [1.807, 2.05) is 11.8 Å². The van der Waals surface area contributed by atoms with Crippen molar-refractivity contribution in [1.82, 2.24) is 10.3 Å². The number of halogens is 1. The summed E-state index contributed by atoms with van der Waals surface area (Å²) in [5.41, 5.74) is 6.00. The van der Waals surface area contributed by atoms with Gasteiger partial charge in [-0.25, -0.2) is 4.98 Å². The molecule has 0 aliphatic heterocycles. The Morgan fingerprint density at radius 1 is 1.53 bits per heavy atom. The molecule has 1 aromatic heterocycles. The number of hydrogen-bond acceptors (Lipinski definition) is 4. The van der Waals surface area contributed by atoms with E-state index in [-0.39, 0.29) is 11.9 Å². The number of carbonyl (C=O) groups excluding carboxylic acids is 1. The Kier molecular flexibility index (Phi) is 4.93. The smallest absolute Gasteiger partial charge is 0.253 e. The quantitative estimate of drug-likeness (QED) is 0.900. The fourth-order valence-electron chi connectivity index (χ4n) is 2.42. The van der Waals surface area contributed by atoms with Gasteiger partial charge in [0.1, 0.15) is 5.82 Å². The van der Waals surface area contributed by atoms with Crippen LogP contribution in [0.25, 0.3) is 0 Å². The number of nitrogen functional groups attached to an aromatic ring is 1. The zero-order valence-corrected chi connectivity index (χ0v) is 12.4. The van der Waals surface area contributed by atoms with E-state index in [0.29, 0.717) is 21.7 Å². The standard InChI is InChI=1S/C13H18ClN3OS/c1-19-11-5-3-2-4-10(11)17-13(18)8-6-12(15)16-7-9(8)14/h6-7,10-11H,2-5H2,1H3,(H2,15,16)(H,17,18). The molecule has 6 heteroatoms. The monoisotopic (exact) mass is 299 g/mol. The third-order valence-corrected chi connectivity index (χ3v) is 4.91. The average Bonchev–Trinajstić information content (AvgIpc) is 2.42. The van der Waals surface area contributed by atoms with Crippen LogP contribution in [0.5, 0.6) is 0 Å². The third-order valence-electron chi connectivity index (χ3n) is 3.44. The third kappa shape index (κ3) is 3.54. The van der Waals surface area contributed by atoms with Gasteiger partial charge in [0.05, 0.1) is 10.6 Å². The van der Waals surface area contributed by atoms with Crippen molar-refractivity contribution < 1.29 is 4.79 Å². The van der Waals surface area contributed by atoms with Crippen LogP contribution in [-0.2, 0) is 0 Å². The summed E-state index contributed by atoms with van der Waals surface area (Å²) in [5, 5.41) is 3.90. The fraction of sp³-hybridized carbons (Fsp3) is 0.538. The van der Waals surface area contributed by atoms with Gasteiger partial charge in [0.2, 0.25) is 0 Å². The van der Waals surface area contributed by atoms with Crippen LogP contribution in [0.4, 0.5) is 5.82 Å². The van der Waals surface area contributed by atoms with Gasteiger partial charge in [0.25, 0.3) is 5.91 Å². The van der Waals surface area contributed by atoms with Crippen LogP contribution in [0.1, 0.15) is 36.0 Å². The minimum absolute atomic E-state index is 0.162. The van der Waals surface area contributed by atoms with Gasteiger partial charge in [-0.2, -0.15) is 11.8 Å². The molecule has 2 unspecified atom stereocenters. The number of aromatic nitrogens is 1. The van der Waals surface area contributed by atoms with Crippen molar-refractivity contribution in [3.05, 3.63) is 22.8 Å². The Labute approximate surface area is 122 Å². The lowest BCUT2D eigenvalue weighted by molar-refractivity contribution is 0.0929. The van der Waals surface area contributed by atoms with E-state index >= 15 is 0 Å². The van der Waals surface area contributed by atoms with Crippen molar-refractivity contribution in [3.8, 4) is 0 Å². The van der Waals surface area contributed by atoms with Crippen LogP contribution >= 0.6 is 23.4 Å². The molecule has 2 atom stereocenters. The fourth-order valence-corrected chi connectivity index (χ4v) is 3.54.